The number of benzene rings is 2. The molecule has 0 bridgehead atoms. The van der Waals surface area contributed by atoms with E-state index in [1.54, 1.807) is 12.1 Å². The molecule has 5 N–H and O–H groups in total. The molecule has 0 radical (unpaired) electrons. The summed E-state index contributed by atoms with van der Waals surface area (Å²) in [6.07, 6.45) is 1.14. The van der Waals surface area contributed by atoms with Gasteiger partial charge in [-0.25, -0.2) is 0 Å². The average molecular weight is 656 g/mol. The minimum Gasteiger partial charge on any atom is -0.508 e. The summed E-state index contributed by atoms with van der Waals surface area (Å²) >= 11 is 0. The Hall–Kier alpha value is -1.79. The molecule has 0 aliphatic rings. The van der Waals surface area contributed by atoms with Gasteiger partial charge in [0.2, 0.25) is 0 Å². The Morgan fingerprint density at radius 2 is 1.07 bits per heavy atom. The van der Waals surface area contributed by atoms with E-state index in [0.717, 1.165) is 16.7 Å². The summed E-state index contributed by atoms with van der Waals surface area (Å²) in [6, 6.07) is 10.00. The predicted molar refractivity (Wildman–Crippen MR) is 179 cm³/mol. The Kier molecular flexibility index (Phi) is 12.4. The number of rotatable bonds is 7. The fourth-order valence-electron chi connectivity index (χ4n) is 6.77. The minimum absolute atomic E-state index is 0.0798. The van der Waals surface area contributed by atoms with E-state index >= 15 is 0 Å². The van der Waals surface area contributed by atoms with Crippen LogP contribution in [0.5, 0.6) is 11.5 Å². The first kappa shape index (κ1) is 40.2. The van der Waals surface area contributed by atoms with Crippen molar-refractivity contribution < 1.29 is 38.5 Å². The van der Waals surface area contributed by atoms with Crippen molar-refractivity contribution in [2.45, 2.75) is 131 Å². The molecule has 0 amide bonds. The maximum absolute atomic E-state index is 12.5. The molecule has 2 aromatic rings. The molecular weight excluding hydrogens is 598 g/mol. The lowest BCUT2D eigenvalue weighted by molar-refractivity contribution is 0.0532. The summed E-state index contributed by atoms with van der Waals surface area (Å²) in [6.45, 7) is 27.2. The van der Waals surface area contributed by atoms with Gasteiger partial charge in [0, 0.05) is 4.57 Å². The highest BCUT2D eigenvalue weighted by atomic mass is 31.2. The van der Waals surface area contributed by atoms with E-state index in [9.17, 15) is 34.0 Å². The molecule has 44 heavy (non-hydrogen) atoms. The monoisotopic (exact) mass is 655 g/mol. The van der Waals surface area contributed by atoms with E-state index < -0.39 is 37.4 Å². The van der Waals surface area contributed by atoms with Gasteiger partial charge in [0.25, 0.3) is 0 Å². The molecule has 0 aromatic heterocycles. The van der Waals surface area contributed by atoms with Gasteiger partial charge in [-0.15, -0.1) is 9.42 Å². The largest absolute Gasteiger partial charge is 0.695 e. The summed E-state index contributed by atoms with van der Waals surface area (Å²) in [5.41, 5.74) is 0.365. The van der Waals surface area contributed by atoms with Crippen LogP contribution in [0, 0.1) is 10.8 Å². The van der Waals surface area contributed by atoms with Crippen LogP contribution in [0.1, 0.15) is 132 Å². The summed E-state index contributed by atoms with van der Waals surface area (Å²) in [5.74, 6) is 0.379. The molecule has 10 heteroatoms. The van der Waals surface area contributed by atoms with Gasteiger partial charge in [0.05, 0.1) is 0 Å². The Morgan fingerprint density at radius 1 is 0.705 bits per heavy atom. The Balaban J connectivity index is 0.000000447. The van der Waals surface area contributed by atoms with E-state index in [0.29, 0.717) is 24.2 Å². The van der Waals surface area contributed by atoms with Gasteiger partial charge in [-0.2, -0.15) is 0 Å². The van der Waals surface area contributed by atoms with Crippen LogP contribution in [0.3, 0.4) is 0 Å². The first-order chi connectivity index (χ1) is 19.5. The second-order valence-corrected chi connectivity index (χ2v) is 18.2. The van der Waals surface area contributed by atoms with Gasteiger partial charge in [-0.1, -0.05) is 109 Å². The van der Waals surface area contributed by atoms with E-state index in [4.69, 9.17) is 4.52 Å². The van der Waals surface area contributed by atoms with Crippen molar-refractivity contribution in [1.82, 2.24) is 0 Å². The van der Waals surface area contributed by atoms with Crippen LogP contribution >= 0.6 is 15.9 Å². The molecule has 2 rings (SSSR count). The Bertz CT molecular complexity index is 1280. The molecule has 0 heterocycles. The van der Waals surface area contributed by atoms with Gasteiger partial charge in [-0.05, 0) is 81.0 Å². The van der Waals surface area contributed by atoms with Crippen LogP contribution in [0.2, 0.25) is 0 Å². The van der Waals surface area contributed by atoms with Crippen molar-refractivity contribution in [3.8, 4) is 11.5 Å². The first-order valence-electron chi connectivity index (χ1n) is 15.1. The van der Waals surface area contributed by atoms with Crippen LogP contribution in [0.25, 0.3) is 0 Å². The molecule has 0 spiro atoms. The lowest BCUT2D eigenvalue weighted by Gasteiger charge is -2.53. The minimum atomic E-state index is -4.47. The van der Waals surface area contributed by atoms with E-state index in [1.807, 2.05) is 109 Å². The van der Waals surface area contributed by atoms with Crippen LogP contribution in [-0.2, 0) is 35.2 Å². The Labute approximate surface area is 266 Å². The topological polar surface area (TPSA) is 145 Å². The van der Waals surface area contributed by atoms with Gasteiger partial charge in [-0.3, -0.25) is 4.57 Å². The molecule has 0 aliphatic carbocycles. The van der Waals surface area contributed by atoms with Crippen LogP contribution < -0.4 is 0 Å². The second-order valence-electron chi connectivity index (χ2n) is 15.8. The SMILES string of the molecule is CC(C)(C)C(c1ccc(O)cc1)(C(C)(C)C)P(=O)(O)O.CCC(CC)(O[P+](=O)O)c1cc(C(C)(C)C)c(O)c(C(C)(C)C)c1. The third-order valence-electron chi connectivity index (χ3n) is 8.54. The zero-order chi connectivity index (χ0) is 34.9. The first-order valence-corrected chi connectivity index (χ1v) is 17.9. The molecule has 8 nitrogen and oxygen atoms in total. The summed E-state index contributed by atoms with van der Waals surface area (Å²) in [5, 5.41) is 18.9. The normalized spacial score (nSPS) is 14.2. The Morgan fingerprint density at radius 3 is 1.32 bits per heavy atom. The molecule has 0 saturated carbocycles. The summed E-state index contributed by atoms with van der Waals surface area (Å²) < 4.78 is 29.4. The third kappa shape index (κ3) is 8.32. The van der Waals surface area contributed by atoms with E-state index in [2.05, 4.69) is 0 Å². The highest BCUT2D eigenvalue weighted by Gasteiger charge is 2.62. The van der Waals surface area contributed by atoms with Crippen LogP contribution in [-0.4, -0.2) is 24.9 Å². The fraction of sp³-hybridized carbons (Fsp3) is 0.647. The smallest absolute Gasteiger partial charge is 0.508 e. The number of phenols is 2. The van der Waals surface area contributed by atoms with Crippen LogP contribution in [0.4, 0.5) is 0 Å². The predicted octanol–water partition coefficient (Wildman–Crippen LogP) is 9.53. The lowest BCUT2D eigenvalue weighted by Crippen LogP contribution is -2.49. The van der Waals surface area contributed by atoms with Gasteiger partial charge in [0.15, 0.2) is 5.60 Å². The molecule has 0 saturated heterocycles. The molecule has 2 aromatic carbocycles. The van der Waals surface area contributed by atoms with Crippen molar-refractivity contribution >= 4 is 15.9 Å². The zero-order valence-electron chi connectivity index (χ0n) is 29.2. The maximum atomic E-state index is 12.5. The fourth-order valence-corrected chi connectivity index (χ4v) is 9.66. The summed E-state index contributed by atoms with van der Waals surface area (Å²) in [7, 11) is -7.19. The van der Waals surface area contributed by atoms with E-state index in [1.165, 1.54) is 12.1 Å². The van der Waals surface area contributed by atoms with Crippen molar-refractivity contribution in [3.05, 3.63) is 58.7 Å². The second kappa shape index (κ2) is 13.5. The number of hydrogen-bond acceptors (Lipinski definition) is 5. The van der Waals surface area contributed by atoms with Crippen molar-refractivity contribution in [3.63, 3.8) is 0 Å². The third-order valence-corrected chi connectivity index (χ3v) is 11.5. The van der Waals surface area contributed by atoms with Crippen LogP contribution in [0.15, 0.2) is 36.4 Å². The lowest BCUT2D eigenvalue weighted by atomic mass is 9.62. The highest BCUT2D eigenvalue weighted by Crippen LogP contribution is 2.72. The number of hydrogen-bond donors (Lipinski definition) is 5. The zero-order valence-corrected chi connectivity index (χ0v) is 31.0. The molecule has 0 aliphatic heterocycles. The van der Waals surface area contributed by atoms with Crippen molar-refractivity contribution in [2.75, 3.05) is 0 Å². The molecule has 0 fully saturated rings. The molecule has 1 atom stereocenters. The summed E-state index contributed by atoms with van der Waals surface area (Å²) in [4.78, 5) is 29.7. The van der Waals surface area contributed by atoms with Gasteiger partial charge in [0.1, 0.15) is 16.7 Å². The quantitative estimate of drug-likeness (QED) is 0.186. The molecule has 250 valence electrons. The number of aromatic hydroxyl groups is 2. The maximum Gasteiger partial charge on any atom is 0.695 e. The van der Waals surface area contributed by atoms with Crippen molar-refractivity contribution in [2.24, 2.45) is 10.8 Å². The standard InChI is InChI=1S/C19H31O4P.C15H25O4P/c1-9-19(10-2,23-24(21)22)13-11-14(17(3,4)5)16(20)15(12-13)18(6,7)8;1-13(2,3)15(14(4,5)6,20(17,18)19)11-7-9-12(16)10-8-11/h11-12H,9-10H2,1-8H3,(H-,20,21,22);7-10,16H,1-6H3,(H2,17,18,19)/p+1. The van der Waals surface area contributed by atoms with E-state index in [-0.39, 0.29) is 16.6 Å². The molecular formula is C34H57O8P2+. The molecule has 1 unspecified atom stereocenters. The highest BCUT2D eigenvalue weighted by molar-refractivity contribution is 7.53. The average Bonchev–Trinajstić information content (AvgIpc) is 2.80. The van der Waals surface area contributed by atoms with Gasteiger partial charge >= 0.3 is 15.9 Å². The van der Waals surface area contributed by atoms with Crippen molar-refractivity contribution in [1.29, 1.82) is 0 Å². The number of phenolic OH excluding ortho intramolecular Hbond substituents is 2. The van der Waals surface area contributed by atoms with Gasteiger partial charge < -0.3 is 20.0 Å².